The van der Waals surface area contributed by atoms with E-state index in [4.69, 9.17) is 4.74 Å². The predicted octanol–water partition coefficient (Wildman–Crippen LogP) is 6.66. The van der Waals surface area contributed by atoms with Crippen LogP contribution >= 0.6 is 0 Å². The molecule has 1 aromatic heterocycles. The topological polar surface area (TPSA) is 76.2 Å². The van der Waals surface area contributed by atoms with Gasteiger partial charge in [0.1, 0.15) is 5.75 Å². The Kier molecular flexibility index (Phi) is 7.45. The summed E-state index contributed by atoms with van der Waals surface area (Å²) >= 11 is 0. The molecule has 0 saturated heterocycles. The fraction of sp³-hybridized carbons (Fsp3) is 0.400. The number of aromatic nitrogens is 1. The average molecular weight is 422 g/mol. The quantitative estimate of drug-likeness (QED) is 0.310. The van der Waals surface area contributed by atoms with E-state index in [0.717, 1.165) is 41.3 Å². The Hall–Kier alpha value is -3.15. The van der Waals surface area contributed by atoms with Crippen LogP contribution in [0.2, 0.25) is 0 Å². The summed E-state index contributed by atoms with van der Waals surface area (Å²) in [7, 11) is 0. The summed E-state index contributed by atoms with van der Waals surface area (Å²) in [6.07, 6.45) is 3.14. The van der Waals surface area contributed by atoms with Crippen LogP contribution in [0.4, 0.5) is 5.69 Å². The van der Waals surface area contributed by atoms with Crippen molar-refractivity contribution in [1.29, 1.82) is 0 Å². The summed E-state index contributed by atoms with van der Waals surface area (Å²) in [6, 6.07) is 13.6. The van der Waals surface area contributed by atoms with E-state index in [2.05, 4.69) is 31.0 Å². The number of hydrogen-bond acceptors (Lipinski definition) is 4. The van der Waals surface area contributed by atoms with Crippen LogP contribution in [0.5, 0.6) is 11.6 Å². The van der Waals surface area contributed by atoms with E-state index in [0.29, 0.717) is 18.0 Å². The third-order valence-electron chi connectivity index (χ3n) is 5.31. The van der Waals surface area contributed by atoms with E-state index in [-0.39, 0.29) is 18.4 Å². The number of fused-ring (bicyclic) bond motifs is 1. The molecule has 0 aliphatic rings. The van der Waals surface area contributed by atoms with Gasteiger partial charge in [0.25, 0.3) is 0 Å². The Morgan fingerprint density at radius 1 is 1.16 bits per heavy atom. The van der Waals surface area contributed by atoms with E-state index in [1.807, 2.05) is 54.0 Å². The molecule has 0 bridgehead atoms. The van der Waals surface area contributed by atoms with Crippen LogP contribution in [-0.2, 0) is 11.3 Å². The highest BCUT2D eigenvalue weighted by Gasteiger charge is 2.17. The SMILES string of the molecule is CCCCCn1c(O)c(N=NC(=O)COc2cc(C)ccc2C(C)C)c2ccccc21. The molecular formula is C25H31N3O3. The molecule has 0 spiro atoms. The first-order valence-electron chi connectivity index (χ1n) is 10.9. The monoisotopic (exact) mass is 421 g/mol. The number of para-hydroxylation sites is 1. The maximum atomic E-state index is 12.3. The molecule has 3 rings (SSSR count). The van der Waals surface area contributed by atoms with Crippen LogP contribution in [0.1, 0.15) is 57.1 Å². The maximum Gasteiger partial charge on any atom is 0.302 e. The smallest absolute Gasteiger partial charge is 0.302 e. The van der Waals surface area contributed by atoms with Gasteiger partial charge in [-0.1, -0.05) is 63.9 Å². The van der Waals surface area contributed by atoms with E-state index >= 15 is 0 Å². The Bertz CT molecular complexity index is 1080. The van der Waals surface area contributed by atoms with Crippen LogP contribution in [0.25, 0.3) is 10.9 Å². The van der Waals surface area contributed by atoms with Gasteiger partial charge < -0.3 is 14.4 Å². The number of carbonyl (C=O) groups excluding carboxylic acids is 1. The molecule has 0 saturated carbocycles. The Morgan fingerprint density at radius 3 is 2.68 bits per heavy atom. The van der Waals surface area contributed by atoms with Crippen LogP contribution in [-0.4, -0.2) is 22.2 Å². The van der Waals surface area contributed by atoms with Crippen LogP contribution in [0.15, 0.2) is 52.7 Å². The second-order valence-electron chi connectivity index (χ2n) is 8.13. The molecule has 6 nitrogen and oxygen atoms in total. The maximum absolute atomic E-state index is 12.3. The van der Waals surface area contributed by atoms with Gasteiger partial charge in [-0.05, 0) is 42.5 Å². The average Bonchev–Trinajstić information content (AvgIpc) is 3.02. The zero-order valence-corrected chi connectivity index (χ0v) is 18.8. The lowest BCUT2D eigenvalue weighted by Crippen LogP contribution is -2.09. The molecule has 6 heteroatoms. The number of hydrogen-bond donors (Lipinski definition) is 1. The molecule has 0 atom stereocenters. The largest absolute Gasteiger partial charge is 0.493 e. The number of aromatic hydroxyl groups is 1. The van der Waals surface area contributed by atoms with Gasteiger partial charge in [-0.25, -0.2) is 0 Å². The van der Waals surface area contributed by atoms with Gasteiger partial charge in [-0.2, -0.15) is 0 Å². The number of carbonyl (C=O) groups is 1. The summed E-state index contributed by atoms with van der Waals surface area (Å²) in [4.78, 5) is 12.3. The van der Waals surface area contributed by atoms with Gasteiger partial charge in [0.05, 0.1) is 5.52 Å². The number of aryl methyl sites for hydroxylation is 2. The number of amides is 1. The third kappa shape index (κ3) is 5.32. The fourth-order valence-electron chi connectivity index (χ4n) is 3.63. The first-order valence-corrected chi connectivity index (χ1v) is 10.9. The summed E-state index contributed by atoms with van der Waals surface area (Å²) in [5.74, 6) is 0.506. The van der Waals surface area contributed by atoms with Crippen molar-refractivity contribution in [2.45, 2.75) is 59.4 Å². The summed E-state index contributed by atoms with van der Waals surface area (Å²) in [6.45, 7) is 8.77. The molecule has 2 aromatic carbocycles. The van der Waals surface area contributed by atoms with Crippen molar-refractivity contribution < 1.29 is 14.6 Å². The standard InChI is InChI=1S/C25H31N3O3/c1-5-6-9-14-28-21-11-8-7-10-20(21)24(25(28)30)27-26-23(29)16-31-22-15-18(4)12-13-19(22)17(2)3/h7-8,10-13,15,17,30H,5-6,9,14,16H2,1-4H3. The van der Waals surface area contributed by atoms with Crippen molar-refractivity contribution in [3.8, 4) is 11.6 Å². The van der Waals surface area contributed by atoms with Crippen molar-refractivity contribution in [2.75, 3.05) is 6.61 Å². The van der Waals surface area contributed by atoms with Gasteiger partial charge in [0.15, 0.2) is 12.3 Å². The minimum Gasteiger partial charge on any atom is -0.493 e. The highest BCUT2D eigenvalue weighted by Crippen LogP contribution is 2.39. The van der Waals surface area contributed by atoms with Crippen molar-refractivity contribution in [2.24, 2.45) is 10.2 Å². The van der Waals surface area contributed by atoms with Crippen LogP contribution < -0.4 is 4.74 Å². The van der Waals surface area contributed by atoms with Crippen molar-refractivity contribution in [1.82, 2.24) is 4.57 Å². The molecule has 0 fully saturated rings. The molecule has 0 radical (unpaired) electrons. The van der Waals surface area contributed by atoms with E-state index in [1.165, 1.54) is 0 Å². The molecule has 0 unspecified atom stereocenters. The minimum absolute atomic E-state index is 0.0375. The van der Waals surface area contributed by atoms with Gasteiger partial charge in [-0.3, -0.25) is 4.79 Å². The molecule has 3 aromatic rings. The van der Waals surface area contributed by atoms with E-state index in [9.17, 15) is 9.90 Å². The third-order valence-corrected chi connectivity index (χ3v) is 5.31. The molecule has 1 heterocycles. The highest BCUT2D eigenvalue weighted by molar-refractivity contribution is 5.95. The first kappa shape index (κ1) is 22.5. The molecule has 31 heavy (non-hydrogen) atoms. The summed E-state index contributed by atoms with van der Waals surface area (Å²) in [5.41, 5.74) is 3.31. The minimum atomic E-state index is -0.501. The molecule has 164 valence electrons. The summed E-state index contributed by atoms with van der Waals surface area (Å²) < 4.78 is 7.58. The number of benzene rings is 2. The second-order valence-corrected chi connectivity index (χ2v) is 8.13. The van der Waals surface area contributed by atoms with E-state index < -0.39 is 5.91 Å². The number of rotatable bonds is 9. The Labute approximate surface area is 183 Å². The molecular weight excluding hydrogens is 390 g/mol. The van der Waals surface area contributed by atoms with Crippen LogP contribution in [0.3, 0.4) is 0 Å². The lowest BCUT2D eigenvalue weighted by atomic mass is 10.0. The van der Waals surface area contributed by atoms with Gasteiger partial charge >= 0.3 is 5.91 Å². The highest BCUT2D eigenvalue weighted by atomic mass is 16.5. The molecule has 1 amide bonds. The number of azo groups is 1. The van der Waals surface area contributed by atoms with Crippen molar-refractivity contribution in [3.63, 3.8) is 0 Å². The van der Waals surface area contributed by atoms with Crippen molar-refractivity contribution >= 4 is 22.5 Å². The fourth-order valence-corrected chi connectivity index (χ4v) is 3.63. The Morgan fingerprint density at radius 2 is 1.94 bits per heavy atom. The lowest BCUT2D eigenvalue weighted by Gasteiger charge is -2.13. The predicted molar refractivity (Wildman–Crippen MR) is 123 cm³/mol. The van der Waals surface area contributed by atoms with Gasteiger partial charge in [0, 0.05) is 11.9 Å². The summed E-state index contributed by atoms with van der Waals surface area (Å²) in [5, 5.41) is 19.4. The first-order chi connectivity index (χ1) is 14.9. The molecule has 1 N–H and O–H groups in total. The lowest BCUT2D eigenvalue weighted by molar-refractivity contribution is -0.120. The van der Waals surface area contributed by atoms with E-state index in [1.54, 1.807) is 0 Å². The normalized spacial score (nSPS) is 11.6. The second kappa shape index (κ2) is 10.2. The Balaban J connectivity index is 1.77. The van der Waals surface area contributed by atoms with Gasteiger partial charge in [-0.15, -0.1) is 10.2 Å². The molecule has 0 aliphatic heterocycles. The van der Waals surface area contributed by atoms with Crippen LogP contribution in [0, 0.1) is 6.92 Å². The number of nitrogens with zero attached hydrogens (tertiary/aromatic N) is 3. The van der Waals surface area contributed by atoms with Crippen molar-refractivity contribution in [3.05, 3.63) is 53.6 Å². The zero-order chi connectivity index (χ0) is 22.4. The number of unbranched alkanes of at least 4 members (excludes halogenated alkanes) is 2. The molecule has 0 aliphatic carbocycles. The zero-order valence-electron chi connectivity index (χ0n) is 18.8. The van der Waals surface area contributed by atoms with Gasteiger partial charge in [0.2, 0.25) is 5.88 Å². The number of ether oxygens (including phenoxy) is 1.